The standard InChI is InChI=1S/C17H22N4O3S/c1-21(15-7-8-25(23,24)12-15)11-16(22)18-9-14-10-19-20-17(14)13-5-3-2-4-6-13/h2-6,10,15H,7-9,11-12H2,1H3,(H,18,22)(H,19,20)/t15-/m0/s1. The summed E-state index contributed by atoms with van der Waals surface area (Å²) in [5.74, 6) is 0.211. The summed E-state index contributed by atoms with van der Waals surface area (Å²) in [6, 6.07) is 9.72. The number of rotatable bonds is 6. The number of hydrogen-bond donors (Lipinski definition) is 2. The number of amides is 1. The second-order valence-electron chi connectivity index (χ2n) is 6.38. The molecule has 0 saturated carbocycles. The topological polar surface area (TPSA) is 95.2 Å². The van der Waals surface area contributed by atoms with Gasteiger partial charge in [0, 0.05) is 18.2 Å². The van der Waals surface area contributed by atoms with Crippen LogP contribution in [0.3, 0.4) is 0 Å². The maximum Gasteiger partial charge on any atom is 0.234 e. The van der Waals surface area contributed by atoms with E-state index in [-0.39, 0.29) is 30.0 Å². The summed E-state index contributed by atoms with van der Waals surface area (Å²) in [5, 5.41) is 9.91. The Morgan fingerprint density at radius 2 is 2.12 bits per heavy atom. The van der Waals surface area contributed by atoms with Crippen molar-refractivity contribution in [2.45, 2.75) is 19.0 Å². The highest BCUT2D eigenvalue weighted by Crippen LogP contribution is 2.20. The normalized spacial score (nSPS) is 19.2. The number of sulfone groups is 1. The summed E-state index contributed by atoms with van der Waals surface area (Å²) < 4.78 is 23.1. The fourth-order valence-corrected chi connectivity index (χ4v) is 4.83. The molecule has 1 saturated heterocycles. The second kappa shape index (κ2) is 7.37. The van der Waals surface area contributed by atoms with Crippen molar-refractivity contribution in [3.63, 3.8) is 0 Å². The van der Waals surface area contributed by atoms with Crippen LogP contribution < -0.4 is 5.32 Å². The van der Waals surface area contributed by atoms with E-state index >= 15 is 0 Å². The molecule has 2 heterocycles. The molecule has 134 valence electrons. The maximum atomic E-state index is 12.2. The molecule has 25 heavy (non-hydrogen) atoms. The fourth-order valence-electron chi connectivity index (χ4n) is 3.03. The molecule has 1 fully saturated rings. The molecule has 1 aromatic carbocycles. The highest BCUT2D eigenvalue weighted by atomic mass is 32.2. The Hall–Kier alpha value is -2.19. The second-order valence-corrected chi connectivity index (χ2v) is 8.61. The van der Waals surface area contributed by atoms with Crippen LogP contribution in [0.5, 0.6) is 0 Å². The molecule has 3 rings (SSSR count). The molecule has 8 heteroatoms. The highest BCUT2D eigenvalue weighted by molar-refractivity contribution is 7.91. The monoisotopic (exact) mass is 362 g/mol. The van der Waals surface area contributed by atoms with Gasteiger partial charge in [-0.3, -0.25) is 14.8 Å². The van der Waals surface area contributed by atoms with Gasteiger partial charge in [0.1, 0.15) is 0 Å². The molecular weight excluding hydrogens is 340 g/mol. The van der Waals surface area contributed by atoms with E-state index in [1.165, 1.54) is 0 Å². The largest absolute Gasteiger partial charge is 0.351 e. The lowest BCUT2D eigenvalue weighted by atomic mass is 10.1. The Kier molecular flexibility index (Phi) is 5.19. The van der Waals surface area contributed by atoms with Crippen LogP contribution in [0, 0.1) is 0 Å². The van der Waals surface area contributed by atoms with E-state index in [2.05, 4.69) is 15.5 Å². The van der Waals surface area contributed by atoms with Gasteiger partial charge in [-0.2, -0.15) is 5.10 Å². The minimum Gasteiger partial charge on any atom is -0.351 e. The molecular formula is C17H22N4O3S. The van der Waals surface area contributed by atoms with Gasteiger partial charge >= 0.3 is 0 Å². The van der Waals surface area contributed by atoms with Gasteiger partial charge in [-0.1, -0.05) is 30.3 Å². The van der Waals surface area contributed by atoms with Crippen molar-refractivity contribution >= 4 is 15.7 Å². The number of aromatic amines is 1. The molecule has 1 aliphatic heterocycles. The summed E-state index contributed by atoms with van der Waals surface area (Å²) in [6.45, 7) is 0.551. The summed E-state index contributed by atoms with van der Waals surface area (Å²) in [7, 11) is -1.16. The number of carbonyl (C=O) groups excluding carboxylic acids is 1. The molecule has 2 aromatic rings. The summed E-state index contributed by atoms with van der Waals surface area (Å²) in [6.07, 6.45) is 2.29. The number of carbonyl (C=O) groups is 1. The molecule has 0 spiro atoms. The van der Waals surface area contributed by atoms with Crippen LogP contribution in [0.4, 0.5) is 0 Å². The fraction of sp³-hybridized carbons (Fsp3) is 0.412. The molecule has 7 nitrogen and oxygen atoms in total. The average molecular weight is 362 g/mol. The minimum absolute atomic E-state index is 0.0791. The lowest BCUT2D eigenvalue weighted by Crippen LogP contribution is -2.41. The number of aromatic nitrogens is 2. The number of likely N-dealkylation sites (N-methyl/N-ethyl adjacent to an activating group) is 1. The van der Waals surface area contributed by atoms with Crippen molar-refractivity contribution in [3.05, 3.63) is 42.1 Å². The van der Waals surface area contributed by atoms with E-state index in [1.54, 1.807) is 13.2 Å². The third kappa shape index (κ3) is 4.46. The Morgan fingerprint density at radius 3 is 2.80 bits per heavy atom. The molecule has 0 bridgehead atoms. The molecule has 1 amide bonds. The first-order chi connectivity index (χ1) is 11.9. The Morgan fingerprint density at radius 1 is 1.36 bits per heavy atom. The molecule has 0 unspecified atom stereocenters. The van der Waals surface area contributed by atoms with Gasteiger partial charge in [0.05, 0.1) is 29.9 Å². The zero-order chi connectivity index (χ0) is 17.9. The van der Waals surface area contributed by atoms with Crippen molar-refractivity contribution in [3.8, 4) is 11.3 Å². The van der Waals surface area contributed by atoms with Crippen LogP contribution in [0.25, 0.3) is 11.3 Å². The van der Waals surface area contributed by atoms with Crippen LogP contribution in [0.2, 0.25) is 0 Å². The summed E-state index contributed by atoms with van der Waals surface area (Å²) in [4.78, 5) is 14.0. The lowest BCUT2D eigenvalue weighted by molar-refractivity contribution is -0.122. The predicted molar refractivity (Wildman–Crippen MR) is 95.6 cm³/mol. The van der Waals surface area contributed by atoms with Gasteiger partial charge in [0.25, 0.3) is 0 Å². The van der Waals surface area contributed by atoms with Crippen molar-refractivity contribution in [2.24, 2.45) is 0 Å². The third-order valence-corrected chi connectivity index (χ3v) is 6.23. The molecule has 2 N–H and O–H groups in total. The van der Waals surface area contributed by atoms with Gasteiger partial charge in [-0.25, -0.2) is 8.42 Å². The van der Waals surface area contributed by atoms with Crippen LogP contribution in [-0.2, 0) is 21.2 Å². The predicted octanol–water partition coefficient (Wildman–Crippen LogP) is 0.812. The number of hydrogen-bond acceptors (Lipinski definition) is 5. The van der Waals surface area contributed by atoms with Crippen molar-refractivity contribution in [2.75, 3.05) is 25.1 Å². The van der Waals surface area contributed by atoms with Crippen LogP contribution in [0.15, 0.2) is 36.5 Å². The first kappa shape index (κ1) is 17.6. The number of nitrogens with one attached hydrogen (secondary N) is 2. The van der Waals surface area contributed by atoms with E-state index < -0.39 is 9.84 Å². The summed E-state index contributed by atoms with van der Waals surface area (Å²) in [5.41, 5.74) is 2.80. The van der Waals surface area contributed by atoms with E-state index in [1.807, 2.05) is 35.2 Å². The first-order valence-electron chi connectivity index (χ1n) is 8.19. The number of benzene rings is 1. The molecule has 1 aromatic heterocycles. The third-order valence-electron chi connectivity index (χ3n) is 4.48. The minimum atomic E-state index is -2.95. The van der Waals surface area contributed by atoms with Crippen LogP contribution >= 0.6 is 0 Å². The van der Waals surface area contributed by atoms with E-state index in [0.29, 0.717) is 13.0 Å². The van der Waals surface area contributed by atoms with Crippen molar-refractivity contribution < 1.29 is 13.2 Å². The molecule has 1 atom stereocenters. The quantitative estimate of drug-likeness (QED) is 0.793. The highest BCUT2D eigenvalue weighted by Gasteiger charge is 2.31. The molecule has 1 aliphatic rings. The Balaban J connectivity index is 1.54. The summed E-state index contributed by atoms with van der Waals surface area (Å²) >= 11 is 0. The van der Waals surface area contributed by atoms with E-state index in [9.17, 15) is 13.2 Å². The van der Waals surface area contributed by atoms with Crippen LogP contribution in [0.1, 0.15) is 12.0 Å². The SMILES string of the molecule is CN(CC(=O)NCc1cn[nH]c1-c1ccccc1)[C@H]1CCS(=O)(=O)C1. The van der Waals surface area contributed by atoms with Crippen LogP contribution in [-0.4, -0.2) is 60.6 Å². The lowest BCUT2D eigenvalue weighted by Gasteiger charge is -2.22. The molecule has 0 radical (unpaired) electrons. The van der Waals surface area contributed by atoms with E-state index in [0.717, 1.165) is 16.8 Å². The zero-order valence-electron chi connectivity index (χ0n) is 14.1. The van der Waals surface area contributed by atoms with Crippen molar-refractivity contribution in [1.82, 2.24) is 20.4 Å². The molecule has 0 aliphatic carbocycles. The van der Waals surface area contributed by atoms with Gasteiger partial charge < -0.3 is 5.32 Å². The van der Waals surface area contributed by atoms with Gasteiger partial charge in [-0.15, -0.1) is 0 Å². The van der Waals surface area contributed by atoms with Gasteiger partial charge in [0.15, 0.2) is 9.84 Å². The average Bonchev–Trinajstić information content (AvgIpc) is 3.20. The van der Waals surface area contributed by atoms with Crippen molar-refractivity contribution in [1.29, 1.82) is 0 Å². The Bertz CT molecular complexity index is 833. The smallest absolute Gasteiger partial charge is 0.234 e. The van der Waals surface area contributed by atoms with Gasteiger partial charge in [0.2, 0.25) is 5.91 Å². The zero-order valence-corrected chi connectivity index (χ0v) is 14.9. The number of nitrogens with zero attached hydrogens (tertiary/aromatic N) is 2. The van der Waals surface area contributed by atoms with E-state index in [4.69, 9.17) is 0 Å². The number of H-pyrrole nitrogens is 1. The maximum absolute atomic E-state index is 12.2. The van der Waals surface area contributed by atoms with Gasteiger partial charge in [-0.05, 0) is 19.0 Å². The Labute approximate surface area is 147 Å². The first-order valence-corrected chi connectivity index (χ1v) is 10.0.